The van der Waals surface area contributed by atoms with Crippen LogP contribution in [-0.2, 0) is 0 Å². The second kappa shape index (κ2) is 3.58. The van der Waals surface area contributed by atoms with Crippen molar-refractivity contribution >= 4 is 11.3 Å². The second-order valence-electron chi connectivity index (χ2n) is 3.57. The van der Waals surface area contributed by atoms with Crippen molar-refractivity contribution < 1.29 is 0 Å². The molecule has 2 N–H and O–H groups in total. The van der Waals surface area contributed by atoms with E-state index in [0.717, 1.165) is 0 Å². The topological polar surface area (TPSA) is 26.0 Å². The molecule has 1 aromatic rings. The predicted octanol–water partition coefficient (Wildman–Crippen LogP) is 2.73. The zero-order valence-corrected chi connectivity index (χ0v) is 8.02. The van der Waals surface area contributed by atoms with E-state index in [4.69, 9.17) is 5.73 Å². The van der Waals surface area contributed by atoms with E-state index in [2.05, 4.69) is 17.5 Å². The Balaban J connectivity index is 2.11. The van der Waals surface area contributed by atoms with Crippen molar-refractivity contribution in [2.24, 2.45) is 5.73 Å². The van der Waals surface area contributed by atoms with Crippen LogP contribution in [-0.4, -0.2) is 6.04 Å². The number of nitrogens with two attached hydrogens (primary N) is 1. The van der Waals surface area contributed by atoms with Gasteiger partial charge in [-0.15, -0.1) is 11.3 Å². The third-order valence-electron chi connectivity index (χ3n) is 2.73. The van der Waals surface area contributed by atoms with E-state index >= 15 is 0 Å². The summed E-state index contributed by atoms with van der Waals surface area (Å²) in [4.78, 5) is 1.49. The van der Waals surface area contributed by atoms with Crippen LogP contribution in [0.3, 0.4) is 0 Å². The predicted molar refractivity (Wildman–Crippen MR) is 53.5 cm³/mol. The van der Waals surface area contributed by atoms with Gasteiger partial charge >= 0.3 is 0 Å². The minimum atomic E-state index is 0.414. The molecule has 2 atom stereocenters. The summed E-state index contributed by atoms with van der Waals surface area (Å²) < 4.78 is 0. The van der Waals surface area contributed by atoms with Gasteiger partial charge in [0.15, 0.2) is 0 Å². The Hall–Kier alpha value is -0.340. The summed E-state index contributed by atoms with van der Waals surface area (Å²) in [6, 6.07) is 4.76. The molecule has 1 saturated carbocycles. The first-order valence-electron chi connectivity index (χ1n) is 4.67. The lowest BCUT2D eigenvalue weighted by Gasteiger charge is -2.27. The van der Waals surface area contributed by atoms with E-state index in [0.29, 0.717) is 12.0 Å². The van der Waals surface area contributed by atoms with Crippen LogP contribution in [0.1, 0.15) is 36.5 Å². The lowest BCUT2D eigenvalue weighted by Crippen LogP contribution is -2.30. The van der Waals surface area contributed by atoms with Crippen molar-refractivity contribution in [3.8, 4) is 0 Å². The van der Waals surface area contributed by atoms with E-state index in [1.54, 1.807) is 0 Å². The molecule has 2 rings (SSSR count). The Morgan fingerprint density at radius 2 is 2.17 bits per heavy atom. The fourth-order valence-corrected chi connectivity index (χ4v) is 2.95. The molecule has 0 aliphatic heterocycles. The number of hydrogen-bond donors (Lipinski definition) is 1. The van der Waals surface area contributed by atoms with Gasteiger partial charge in [0, 0.05) is 16.8 Å². The zero-order chi connectivity index (χ0) is 8.39. The fourth-order valence-electron chi connectivity index (χ4n) is 2.02. The minimum Gasteiger partial charge on any atom is -0.327 e. The highest BCUT2D eigenvalue weighted by Crippen LogP contribution is 2.34. The Morgan fingerprint density at radius 3 is 2.83 bits per heavy atom. The van der Waals surface area contributed by atoms with Crippen LogP contribution in [0.2, 0.25) is 0 Å². The molecule has 1 aromatic heterocycles. The molecule has 0 unspecified atom stereocenters. The molecule has 0 bridgehead atoms. The Kier molecular flexibility index (Phi) is 2.47. The van der Waals surface area contributed by atoms with Crippen molar-refractivity contribution in [3.05, 3.63) is 22.4 Å². The van der Waals surface area contributed by atoms with Gasteiger partial charge in [-0.05, 0) is 24.3 Å². The first-order valence-corrected chi connectivity index (χ1v) is 5.55. The van der Waals surface area contributed by atoms with Crippen LogP contribution in [0.25, 0.3) is 0 Å². The van der Waals surface area contributed by atoms with Gasteiger partial charge in [0.1, 0.15) is 0 Å². The summed E-state index contributed by atoms with van der Waals surface area (Å²) >= 11 is 1.85. The van der Waals surface area contributed by atoms with E-state index < -0.39 is 0 Å². The smallest absolute Gasteiger partial charge is 0.0116 e. The van der Waals surface area contributed by atoms with Gasteiger partial charge in [-0.2, -0.15) is 0 Å². The lowest BCUT2D eigenvalue weighted by molar-refractivity contribution is 0.389. The molecular formula is C10H15NS. The summed E-state index contributed by atoms with van der Waals surface area (Å²) in [7, 11) is 0. The van der Waals surface area contributed by atoms with Crippen LogP contribution in [0.4, 0.5) is 0 Å². The van der Waals surface area contributed by atoms with Crippen LogP contribution in [0.15, 0.2) is 17.5 Å². The average molecular weight is 181 g/mol. The van der Waals surface area contributed by atoms with Crippen molar-refractivity contribution in [1.29, 1.82) is 0 Å². The molecule has 0 radical (unpaired) electrons. The second-order valence-corrected chi connectivity index (χ2v) is 4.55. The quantitative estimate of drug-likeness (QED) is 0.708. The summed E-state index contributed by atoms with van der Waals surface area (Å²) in [6.07, 6.45) is 5.18. The maximum absolute atomic E-state index is 6.08. The maximum Gasteiger partial charge on any atom is 0.0116 e. The van der Waals surface area contributed by atoms with Crippen LogP contribution >= 0.6 is 11.3 Å². The molecule has 2 heteroatoms. The third-order valence-corrected chi connectivity index (χ3v) is 3.73. The fraction of sp³-hybridized carbons (Fsp3) is 0.600. The summed E-state index contributed by atoms with van der Waals surface area (Å²) in [6.45, 7) is 0. The highest BCUT2D eigenvalue weighted by Gasteiger charge is 2.23. The molecule has 1 nitrogen and oxygen atoms in total. The first kappa shape index (κ1) is 8.27. The Bertz CT molecular complexity index is 230. The number of thiophene rings is 1. The first-order chi connectivity index (χ1) is 5.88. The largest absolute Gasteiger partial charge is 0.327 e. The van der Waals surface area contributed by atoms with E-state index in [1.165, 1.54) is 30.6 Å². The molecule has 1 heterocycles. The van der Waals surface area contributed by atoms with Crippen LogP contribution in [0.5, 0.6) is 0 Å². The summed E-state index contributed by atoms with van der Waals surface area (Å²) in [5.41, 5.74) is 6.08. The monoisotopic (exact) mass is 181 g/mol. The maximum atomic E-state index is 6.08. The van der Waals surface area contributed by atoms with Crippen molar-refractivity contribution in [2.75, 3.05) is 0 Å². The Labute approximate surface area is 77.6 Å². The highest BCUT2D eigenvalue weighted by atomic mass is 32.1. The molecule has 0 saturated heterocycles. The molecule has 1 aliphatic carbocycles. The molecule has 0 spiro atoms. The normalized spacial score (nSPS) is 30.4. The van der Waals surface area contributed by atoms with E-state index in [9.17, 15) is 0 Å². The van der Waals surface area contributed by atoms with Gasteiger partial charge in [-0.1, -0.05) is 18.9 Å². The van der Waals surface area contributed by atoms with Gasteiger partial charge in [0.05, 0.1) is 0 Å². The third kappa shape index (κ3) is 1.54. The number of hydrogen-bond acceptors (Lipinski definition) is 2. The highest BCUT2D eigenvalue weighted by molar-refractivity contribution is 7.10. The molecule has 66 valence electrons. The van der Waals surface area contributed by atoms with Crippen LogP contribution < -0.4 is 5.73 Å². The minimum absolute atomic E-state index is 0.414. The lowest BCUT2D eigenvalue weighted by atomic mass is 9.84. The van der Waals surface area contributed by atoms with Crippen molar-refractivity contribution in [3.63, 3.8) is 0 Å². The van der Waals surface area contributed by atoms with Crippen LogP contribution in [0, 0.1) is 0 Å². The molecule has 12 heavy (non-hydrogen) atoms. The summed E-state index contributed by atoms with van der Waals surface area (Å²) in [5.74, 6) is 0.652. The van der Waals surface area contributed by atoms with Gasteiger partial charge in [-0.3, -0.25) is 0 Å². The van der Waals surface area contributed by atoms with Gasteiger partial charge in [0.2, 0.25) is 0 Å². The van der Waals surface area contributed by atoms with Gasteiger partial charge < -0.3 is 5.73 Å². The molecular weight excluding hydrogens is 166 g/mol. The standard InChI is InChI=1S/C10H15NS/c11-9-5-2-1-4-8(9)10-6-3-7-12-10/h3,6-9H,1-2,4-5,11H2/t8-,9-/m1/s1. The zero-order valence-electron chi connectivity index (χ0n) is 7.20. The molecule has 1 aliphatic rings. The SMILES string of the molecule is N[C@@H]1CCCC[C@H]1c1cccs1. The van der Waals surface area contributed by atoms with Crippen molar-refractivity contribution in [1.82, 2.24) is 0 Å². The summed E-state index contributed by atoms with van der Waals surface area (Å²) in [5, 5.41) is 2.15. The van der Waals surface area contributed by atoms with Gasteiger partial charge in [-0.25, -0.2) is 0 Å². The molecule has 0 aromatic carbocycles. The van der Waals surface area contributed by atoms with E-state index in [-0.39, 0.29) is 0 Å². The van der Waals surface area contributed by atoms with E-state index in [1.807, 2.05) is 11.3 Å². The van der Waals surface area contributed by atoms with Crippen molar-refractivity contribution in [2.45, 2.75) is 37.6 Å². The Morgan fingerprint density at radius 1 is 1.33 bits per heavy atom. The molecule has 1 fully saturated rings. The number of rotatable bonds is 1. The average Bonchev–Trinajstić information content (AvgIpc) is 2.57. The molecule has 0 amide bonds. The van der Waals surface area contributed by atoms with Gasteiger partial charge in [0.25, 0.3) is 0 Å².